The molecule has 0 atom stereocenters. The first-order valence-electron chi connectivity index (χ1n) is 19.2. The third kappa shape index (κ3) is 4.22. The molecule has 4 heteroatoms. The molecule has 0 N–H and O–H groups in total. The van der Waals surface area contributed by atoms with Crippen molar-refractivity contribution >= 4 is 79.2 Å². The van der Waals surface area contributed by atoms with Gasteiger partial charge in [-0.15, -0.1) is 0 Å². The molecule has 55 heavy (non-hydrogen) atoms. The Labute approximate surface area is 320 Å². The van der Waals surface area contributed by atoms with Gasteiger partial charge in [0.05, 0.1) is 0 Å². The second kappa shape index (κ2) is 11.1. The highest BCUT2D eigenvalue weighted by Crippen LogP contribution is 2.50. The summed E-state index contributed by atoms with van der Waals surface area (Å²) >= 11 is 0. The van der Waals surface area contributed by atoms with E-state index in [9.17, 15) is 0 Å². The molecule has 2 aliphatic heterocycles. The first kappa shape index (κ1) is 30.7. The number of fused-ring (bicyclic) bond motifs is 10. The van der Waals surface area contributed by atoms with E-state index in [1.54, 1.807) is 0 Å². The summed E-state index contributed by atoms with van der Waals surface area (Å²) in [4.78, 5) is 4.89. The van der Waals surface area contributed by atoms with Gasteiger partial charge < -0.3 is 14.2 Å². The molecule has 0 spiro atoms. The third-order valence-electron chi connectivity index (χ3n) is 12.5. The van der Waals surface area contributed by atoms with Gasteiger partial charge in [0.15, 0.2) is 0 Å². The van der Waals surface area contributed by atoms with Crippen LogP contribution in [0.15, 0.2) is 180 Å². The molecule has 12 rings (SSSR count). The van der Waals surface area contributed by atoms with Crippen LogP contribution in [0.25, 0.3) is 44.2 Å². The molecule has 1 aromatic heterocycles. The van der Waals surface area contributed by atoms with Crippen molar-refractivity contribution in [2.24, 2.45) is 0 Å². The first-order valence-corrected chi connectivity index (χ1v) is 19.2. The number of rotatable bonds is 3. The molecular weight excluding hydrogens is 667 g/mol. The van der Waals surface area contributed by atoms with Gasteiger partial charge in [-0.25, -0.2) is 0 Å². The first-order chi connectivity index (χ1) is 27.0. The summed E-state index contributed by atoms with van der Waals surface area (Å²) in [6.07, 6.45) is 0. The van der Waals surface area contributed by atoms with Crippen LogP contribution in [0.1, 0.15) is 25.0 Å². The van der Waals surface area contributed by atoms with Gasteiger partial charge in [0, 0.05) is 56.4 Å². The number of hydrogen-bond donors (Lipinski definition) is 0. The zero-order chi connectivity index (χ0) is 36.4. The Balaban J connectivity index is 0.996. The summed E-state index contributed by atoms with van der Waals surface area (Å²) < 4.78 is 6.41. The van der Waals surface area contributed by atoms with Crippen LogP contribution in [0.4, 0.5) is 34.1 Å². The smallest absolute Gasteiger partial charge is 0.252 e. The lowest BCUT2D eigenvalue weighted by molar-refractivity contribution is 0.660. The Hall–Kier alpha value is -6.78. The van der Waals surface area contributed by atoms with Crippen LogP contribution in [0.5, 0.6) is 0 Å². The van der Waals surface area contributed by atoms with Gasteiger partial charge in [0.25, 0.3) is 6.71 Å². The van der Waals surface area contributed by atoms with E-state index in [-0.39, 0.29) is 12.1 Å². The maximum atomic E-state index is 6.41. The van der Waals surface area contributed by atoms with Crippen LogP contribution in [0.3, 0.4) is 0 Å². The van der Waals surface area contributed by atoms with Gasteiger partial charge in [-0.2, -0.15) is 0 Å². The zero-order valence-electron chi connectivity index (χ0n) is 30.6. The average molecular weight is 703 g/mol. The minimum Gasteiger partial charge on any atom is -0.456 e. The molecule has 0 bridgehead atoms. The number of anilines is 6. The van der Waals surface area contributed by atoms with Crippen molar-refractivity contribution < 1.29 is 4.42 Å². The summed E-state index contributed by atoms with van der Waals surface area (Å²) in [5.74, 6) is 0. The monoisotopic (exact) mass is 702 g/mol. The highest BCUT2D eigenvalue weighted by Gasteiger charge is 2.43. The van der Waals surface area contributed by atoms with E-state index < -0.39 is 0 Å². The number of hydrogen-bond acceptors (Lipinski definition) is 3. The quantitative estimate of drug-likeness (QED) is 0.171. The molecule has 3 nitrogen and oxygen atoms in total. The lowest BCUT2D eigenvalue weighted by atomic mass is 9.33. The maximum absolute atomic E-state index is 6.41. The third-order valence-corrected chi connectivity index (χ3v) is 12.5. The standard InChI is InChI=1S/C51H35BN2O/c1-51(2)40-14-5-3-12-36(40)37-28-24-33(30-41(37)51)32-22-25-34(26-23-32)53-44-17-8-6-15-42(44)52-43-16-7-9-18-45(43)54(47-20-11-19-46(53)50(47)52)35-27-29-39-38-13-4-10-21-48(38)55-49(39)31-35/h3-31H,1-2H3. The predicted octanol–water partition coefficient (Wildman–Crippen LogP) is 11.6. The Morgan fingerprint density at radius 3 is 1.80 bits per heavy atom. The van der Waals surface area contributed by atoms with Crippen LogP contribution in [0.2, 0.25) is 0 Å². The molecule has 8 aromatic carbocycles. The summed E-state index contributed by atoms with van der Waals surface area (Å²) in [5, 5.41) is 2.28. The second-order valence-electron chi connectivity index (χ2n) is 15.7. The summed E-state index contributed by atoms with van der Waals surface area (Å²) in [7, 11) is 0. The van der Waals surface area contributed by atoms with E-state index in [0.717, 1.165) is 33.3 Å². The highest BCUT2D eigenvalue weighted by molar-refractivity contribution is 7.00. The summed E-state index contributed by atoms with van der Waals surface area (Å²) in [6, 6.07) is 64.7. The number of furan rings is 1. The Bertz CT molecular complexity index is 3050. The minimum absolute atomic E-state index is 0.0351. The molecule has 0 fully saturated rings. The number of para-hydroxylation sites is 3. The van der Waals surface area contributed by atoms with E-state index in [1.165, 1.54) is 72.5 Å². The Kier molecular flexibility index (Phi) is 6.20. The van der Waals surface area contributed by atoms with E-state index in [1.807, 2.05) is 12.1 Å². The van der Waals surface area contributed by atoms with E-state index >= 15 is 0 Å². The molecule has 258 valence electrons. The van der Waals surface area contributed by atoms with Crippen LogP contribution in [0, 0.1) is 0 Å². The Morgan fingerprint density at radius 2 is 1.02 bits per heavy atom. The molecule has 0 saturated carbocycles. The van der Waals surface area contributed by atoms with Crippen LogP contribution in [-0.2, 0) is 5.41 Å². The van der Waals surface area contributed by atoms with E-state index in [0.29, 0.717) is 0 Å². The second-order valence-corrected chi connectivity index (χ2v) is 15.7. The number of benzene rings is 8. The van der Waals surface area contributed by atoms with Crippen molar-refractivity contribution in [2.75, 3.05) is 9.80 Å². The predicted molar refractivity (Wildman–Crippen MR) is 231 cm³/mol. The van der Waals surface area contributed by atoms with Crippen molar-refractivity contribution in [1.29, 1.82) is 0 Å². The molecule has 9 aromatic rings. The van der Waals surface area contributed by atoms with Crippen LogP contribution >= 0.6 is 0 Å². The molecule has 0 radical (unpaired) electrons. The van der Waals surface area contributed by atoms with E-state index in [4.69, 9.17) is 4.42 Å². The van der Waals surface area contributed by atoms with Crippen molar-refractivity contribution in [3.05, 3.63) is 187 Å². The topological polar surface area (TPSA) is 19.6 Å². The maximum Gasteiger partial charge on any atom is 0.252 e. The molecule has 3 aliphatic rings. The molecule has 0 unspecified atom stereocenters. The number of nitrogens with zero attached hydrogens (tertiary/aromatic N) is 2. The van der Waals surface area contributed by atoms with Crippen molar-refractivity contribution in [1.82, 2.24) is 0 Å². The van der Waals surface area contributed by atoms with E-state index in [2.05, 4.69) is 187 Å². The zero-order valence-corrected chi connectivity index (χ0v) is 30.6. The van der Waals surface area contributed by atoms with Gasteiger partial charge in [-0.05, 0) is 110 Å². The summed E-state index contributed by atoms with van der Waals surface area (Å²) in [5.41, 5.74) is 20.7. The largest absolute Gasteiger partial charge is 0.456 e. The molecule has 0 saturated heterocycles. The summed E-state index contributed by atoms with van der Waals surface area (Å²) in [6.45, 7) is 4.80. The van der Waals surface area contributed by atoms with Gasteiger partial charge in [0.1, 0.15) is 11.2 Å². The SMILES string of the molecule is CC1(C)c2ccccc2-c2ccc(-c3ccc(N4c5ccccc5B5c6ccccc6N(c6ccc7c(c6)oc6ccccc67)c6cccc4c65)cc3)cc21. The molecule has 0 amide bonds. The molecule has 1 aliphatic carbocycles. The van der Waals surface area contributed by atoms with Crippen LogP contribution < -0.4 is 26.2 Å². The fourth-order valence-electron chi connectivity index (χ4n) is 9.93. The van der Waals surface area contributed by atoms with Gasteiger partial charge in [-0.3, -0.25) is 0 Å². The van der Waals surface area contributed by atoms with Gasteiger partial charge >= 0.3 is 0 Å². The normalized spacial score (nSPS) is 14.4. The van der Waals surface area contributed by atoms with Crippen molar-refractivity contribution in [3.8, 4) is 22.3 Å². The van der Waals surface area contributed by atoms with Gasteiger partial charge in [0.2, 0.25) is 0 Å². The van der Waals surface area contributed by atoms with Crippen LogP contribution in [-0.4, -0.2) is 6.71 Å². The lowest BCUT2D eigenvalue weighted by Crippen LogP contribution is -2.61. The highest BCUT2D eigenvalue weighted by atomic mass is 16.3. The van der Waals surface area contributed by atoms with Crippen molar-refractivity contribution in [3.63, 3.8) is 0 Å². The molecule has 3 heterocycles. The minimum atomic E-state index is -0.0351. The van der Waals surface area contributed by atoms with Gasteiger partial charge in [-0.1, -0.05) is 123 Å². The fourth-order valence-corrected chi connectivity index (χ4v) is 9.93. The Morgan fingerprint density at radius 1 is 0.436 bits per heavy atom. The fraction of sp³-hybridized carbons (Fsp3) is 0.0588. The average Bonchev–Trinajstić information content (AvgIpc) is 3.72. The molecular formula is C51H35BN2O. The van der Waals surface area contributed by atoms with Crippen molar-refractivity contribution in [2.45, 2.75) is 19.3 Å². The lowest BCUT2D eigenvalue weighted by Gasteiger charge is -2.44.